The minimum absolute atomic E-state index is 0.103. The molecule has 0 unspecified atom stereocenters. The largest absolute Gasteiger partial charge is 0.373 e. The van der Waals surface area contributed by atoms with E-state index in [0.717, 1.165) is 24.2 Å². The van der Waals surface area contributed by atoms with Gasteiger partial charge in [0.15, 0.2) is 0 Å². The van der Waals surface area contributed by atoms with Crippen LogP contribution in [0.4, 0.5) is 15.8 Å². The van der Waals surface area contributed by atoms with Crippen LogP contribution in [0.2, 0.25) is 0 Å². The van der Waals surface area contributed by atoms with Gasteiger partial charge in [-0.25, -0.2) is 4.39 Å². The second-order valence-corrected chi connectivity index (χ2v) is 6.19. The second kappa shape index (κ2) is 6.93. The molecule has 2 amide bonds. The molecule has 1 aliphatic heterocycles. The predicted octanol–water partition coefficient (Wildman–Crippen LogP) is 2.34. The molecule has 6 heteroatoms. The summed E-state index contributed by atoms with van der Waals surface area (Å²) in [4.78, 5) is 27.6. The van der Waals surface area contributed by atoms with Crippen LogP contribution < -0.4 is 15.5 Å². The SMILES string of the molecule is CN1CCCN(C(=O)Cc2ccc(C(N)=O)cc2)c2cc(F)ccc21. The fraction of sp³-hybridized carbons (Fsp3) is 0.263. The summed E-state index contributed by atoms with van der Waals surface area (Å²) in [5, 5.41) is 0. The number of carbonyl (C=O) groups is 2. The van der Waals surface area contributed by atoms with Gasteiger partial charge in [0.1, 0.15) is 5.82 Å². The molecule has 2 aromatic carbocycles. The van der Waals surface area contributed by atoms with Gasteiger partial charge >= 0.3 is 0 Å². The molecule has 0 saturated carbocycles. The van der Waals surface area contributed by atoms with Crippen LogP contribution >= 0.6 is 0 Å². The third kappa shape index (κ3) is 3.63. The van der Waals surface area contributed by atoms with E-state index < -0.39 is 5.91 Å². The van der Waals surface area contributed by atoms with Crippen molar-refractivity contribution in [2.75, 3.05) is 29.9 Å². The fourth-order valence-electron chi connectivity index (χ4n) is 3.06. The summed E-state index contributed by atoms with van der Waals surface area (Å²) in [6.07, 6.45) is 0.984. The fourth-order valence-corrected chi connectivity index (χ4v) is 3.06. The topological polar surface area (TPSA) is 66.6 Å². The van der Waals surface area contributed by atoms with Crippen molar-refractivity contribution in [3.8, 4) is 0 Å². The number of nitrogens with zero attached hydrogens (tertiary/aromatic N) is 2. The molecule has 1 heterocycles. The molecule has 0 fully saturated rings. The number of rotatable bonds is 3. The number of hydrogen-bond donors (Lipinski definition) is 1. The lowest BCUT2D eigenvalue weighted by Gasteiger charge is -2.24. The molecule has 0 radical (unpaired) electrons. The zero-order valence-electron chi connectivity index (χ0n) is 14.0. The Morgan fingerprint density at radius 3 is 2.48 bits per heavy atom. The van der Waals surface area contributed by atoms with Gasteiger partial charge < -0.3 is 15.5 Å². The summed E-state index contributed by atoms with van der Waals surface area (Å²) >= 11 is 0. The predicted molar refractivity (Wildman–Crippen MR) is 95.3 cm³/mol. The van der Waals surface area contributed by atoms with Crippen molar-refractivity contribution in [1.82, 2.24) is 0 Å². The van der Waals surface area contributed by atoms with Gasteiger partial charge in [0.25, 0.3) is 0 Å². The molecule has 0 bridgehead atoms. The normalized spacial score (nSPS) is 14.0. The maximum Gasteiger partial charge on any atom is 0.248 e. The van der Waals surface area contributed by atoms with Crippen LogP contribution in [0.5, 0.6) is 0 Å². The molecule has 5 nitrogen and oxygen atoms in total. The maximum atomic E-state index is 13.7. The molecule has 3 rings (SSSR count). The number of anilines is 2. The Bertz CT molecular complexity index is 805. The molecule has 0 aromatic heterocycles. The number of nitrogens with two attached hydrogens (primary N) is 1. The molecule has 25 heavy (non-hydrogen) atoms. The Balaban J connectivity index is 1.85. The van der Waals surface area contributed by atoms with Gasteiger partial charge in [-0.1, -0.05) is 12.1 Å². The highest BCUT2D eigenvalue weighted by Gasteiger charge is 2.24. The van der Waals surface area contributed by atoms with Crippen molar-refractivity contribution < 1.29 is 14.0 Å². The third-order valence-corrected chi connectivity index (χ3v) is 4.41. The van der Waals surface area contributed by atoms with Gasteiger partial charge in [0, 0.05) is 25.7 Å². The smallest absolute Gasteiger partial charge is 0.248 e. The van der Waals surface area contributed by atoms with E-state index in [1.165, 1.54) is 12.1 Å². The van der Waals surface area contributed by atoms with E-state index in [2.05, 4.69) is 0 Å². The van der Waals surface area contributed by atoms with E-state index in [1.54, 1.807) is 35.2 Å². The summed E-state index contributed by atoms with van der Waals surface area (Å²) < 4.78 is 13.7. The first-order valence-electron chi connectivity index (χ1n) is 8.15. The van der Waals surface area contributed by atoms with E-state index in [9.17, 15) is 14.0 Å². The Morgan fingerprint density at radius 2 is 1.80 bits per heavy atom. The zero-order chi connectivity index (χ0) is 18.0. The van der Waals surface area contributed by atoms with Crippen molar-refractivity contribution in [3.05, 3.63) is 59.4 Å². The Morgan fingerprint density at radius 1 is 1.08 bits per heavy atom. The van der Waals surface area contributed by atoms with Crippen molar-refractivity contribution in [2.45, 2.75) is 12.8 Å². The molecule has 1 aliphatic rings. The van der Waals surface area contributed by atoms with Crippen LogP contribution in [0.15, 0.2) is 42.5 Å². The summed E-state index contributed by atoms with van der Waals surface area (Å²) in [6.45, 7) is 1.34. The molecule has 2 N–H and O–H groups in total. The lowest BCUT2D eigenvalue weighted by molar-refractivity contribution is -0.118. The Kier molecular flexibility index (Phi) is 4.70. The molecule has 0 spiro atoms. The number of primary amides is 1. The van der Waals surface area contributed by atoms with Crippen molar-refractivity contribution in [3.63, 3.8) is 0 Å². The minimum Gasteiger partial charge on any atom is -0.373 e. The first kappa shape index (κ1) is 17.0. The van der Waals surface area contributed by atoms with Crippen molar-refractivity contribution in [1.29, 1.82) is 0 Å². The number of halogens is 1. The molecule has 0 atom stereocenters. The summed E-state index contributed by atoms with van der Waals surface area (Å²) in [5.74, 6) is -0.968. The summed E-state index contributed by atoms with van der Waals surface area (Å²) in [5.41, 5.74) is 7.85. The Hall–Kier alpha value is -2.89. The van der Waals surface area contributed by atoms with E-state index in [4.69, 9.17) is 5.73 Å². The van der Waals surface area contributed by atoms with Crippen LogP contribution in [0.3, 0.4) is 0 Å². The first-order chi connectivity index (χ1) is 12.0. The summed E-state index contributed by atoms with van der Waals surface area (Å²) in [6, 6.07) is 11.2. The number of fused-ring (bicyclic) bond motifs is 1. The van der Waals surface area contributed by atoms with Crippen molar-refractivity contribution >= 4 is 23.2 Å². The molecule has 0 saturated heterocycles. The van der Waals surface area contributed by atoms with Gasteiger partial charge in [-0.15, -0.1) is 0 Å². The monoisotopic (exact) mass is 341 g/mol. The van der Waals surface area contributed by atoms with E-state index in [0.29, 0.717) is 17.8 Å². The Labute approximate surface area is 145 Å². The van der Waals surface area contributed by atoms with Gasteiger partial charge in [0.2, 0.25) is 11.8 Å². The first-order valence-corrected chi connectivity index (χ1v) is 8.15. The van der Waals surface area contributed by atoms with Gasteiger partial charge in [-0.05, 0) is 42.3 Å². The van der Waals surface area contributed by atoms with Gasteiger partial charge in [-0.3, -0.25) is 9.59 Å². The molecule has 0 aliphatic carbocycles. The average molecular weight is 341 g/mol. The van der Waals surface area contributed by atoms with Crippen molar-refractivity contribution in [2.24, 2.45) is 5.73 Å². The lowest BCUT2D eigenvalue weighted by atomic mass is 10.1. The quantitative estimate of drug-likeness (QED) is 0.932. The highest BCUT2D eigenvalue weighted by Crippen LogP contribution is 2.32. The lowest BCUT2D eigenvalue weighted by Crippen LogP contribution is -2.33. The van der Waals surface area contributed by atoms with Gasteiger partial charge in [0.05, 0.1) is 17.8 Å². The minimum atomic E-state index is -0.502. The highest BCUT2D eigenvalue weighted by molar-refractivity contribution is 5.98. The van der Waals surface area contributed by atoms with Crippen LogP contribution in [0.25, 0.3) is 0 Å². The number of benzene rings is 2. The molecular formula is C19H20FN3O2. The molecule has 2 aromatic rings. The van der Waals surface area contributed by atoms with Crippen LogP contribution in [-0.4, -0.2) is 32.0 Å². The molecule has 130 valence electrons. The van der Waals surface area contributed by atoms with Crippen LogP contribution in [-0.2, 0) is 11.2 Å². The maximum absolute atomic E-state index is 13.7. The van der Waals surface area contributed by atoms with E-state index in [1.807, 2.05) is 11.9 Å². The summed E-state index contributed by atoms with van der Waals surface area (Å²) in [7, 11) is 1.94. The number of carbonyl (C=O) groups excluding carboxylic acids is 2. The average Bonchev–Trinajstić information content (AvgIpc) is 2.74. The van der Waals surface area contributed by atoms with E-state index in [-0.39, 0.29) is 18.1 Å². The highest BCUT2D eigenvalue weighted by atomic mass is 19.1. The van der Waals surface area contributed by atoms with Crippen LogP contribution in [0.1, 0.15) is 22.3 Å². The second-order valence-electron chi connectivity index (χ2n) is 6.19. The third-order valence-electron chi connectivity index (χ3n) is 4.41. The molecular weight excluding hydrogens is 321 g/mol. The standard InChI is InChI=1S/C19H20FN3O2/c1-22-9-2-10-23(17-12-15(20)7-8-16(17)22)18(24)11-13-3-5-14(6-4-13)19(21)25/h3-8,12H,2,9-11H2,1H3,(H2,21,25). The van der Waals surface area contributed by atoms with Gasteiger partial charge in [-0.2, -0.15) is 0 Å². The van der Waals surface area contributed by atoms with Crippen LogP contribution in [0, 0.1) is 5.82 Å². The number of amides is 2. The van der Waals surface area contributed by atoms with E-state index >= 15 is 0 Å². The zero-order valence-corrected chi connectivity index (χ0v) is 14.0. The number of hydrogen-bond acceptors (Lipinski definition) is 3.